The lowest BCUT2D eigenvalue weighted by molar-refractivity contribution is 0.144. The quantitative estimate of drug-likeness (QED) is 0.732. The van der Waals surface area contributed by atoms with Crippen molar-refractivity contribution >= 4 is 0 Å². The van der Waals surface area contributed by atoms with E-state index >= 15 is 0 Å². The van der Waals surface area contributed by atoms with E-state index in [1.165, 1.54) is 11.1 Å². The SMILES string of the molecule is Cn1ccnc1C1CNCCN1Cc1ccc(OCc2ccccc2)cc1. The van der Waals surface area contributed by atoms with E-state index in [1.54, 1.807) is 0 Å². The number of hydrogen-bond donors (Lipinski definition) is 1. The Bertz CT molecular complexity index is 844. The minimum Gasteiger partial charge on any atom is -0.489 e. The summed E-state index contributed by atoms with van der Waals surface area (Å²) in [5.74, 6) is 2.02. The van der Waals surface area contributed by atoms with Gasteiger partial charge in [-0.1, -0.05) is 42.5 Å². The number of nitrogens with zero attached hydrogens (tertiary/aromatic N) is 3. The Hall–Kier alpha value is -2.63. The van der Waals surface area contributed by atoms with E-state index < -0.39 is 0 Å². The van der Waals surface area contributed by atoms with E-state index in [4.69, 9.17) is 4.74 Å². The van der Waals surface area contributed by atoms with E-state index in [-0.39, 0.29) is 0 Å². The second kappa shape index (κ2) is 8.37. The fourth-order valence-electron chi connectivity index (χ4n) is 3.55. The maximum atomic E-state index is 5.90. The predicted octanol–water partition coefficient (Wildman–Crippen LogP) is 3.15. The molecule has 1 aliphatic rings. The van der Waals surface area contributed by atoms with E-state index in [1.807, 2.05) is 30.6 Å². The predicted molar refractivity (Wildman–Crippen MR) is 106 cm³/mol. The average Bonchev–Trinajstić information content (AvgIpc) is 3.14. The van der Waals surface area contributed by atoms with Crippen LogP contribution in [0.4, 0.5) is 0 Å². The van der Waals surface area contributed by atoms with Crippen molar-refractivity contribution in [3.05, 3.63) is 83.9 Å². The van der Waals surface area contributed by atoms with Crippen molar-refractivity contribution in [1.29, 1.82) is 0 Å². The zero-order valence-electron chi connectivity index (χ0n) is 15.7. The molecular weight excluding hydrogens is 336 g/mol. The third-order valence-electron chi connectivity index (χ3n) is 5.07. The summed E-state index contributed by atoms with van der Waals surface area (Å²) in [5.41, 5.74) is 2.48. The van der Waals surface area contributed by atoms with Gasteiger partial charge in [-0.15, -0.1) is 0 Å². The van der Waals surface area contributed by atoms with Crippen molar-refractivity contribution in [3.63, 3.8) is 0 Å². The molecular formula is C22H26N4O. The van der Waals surface area contributed by atoms with Gasteiger partial charge in [0.1, 0.15) is 18.2 Å². The summed E-state index contributed by atoms with van der Waals surface area (Å²) < 4.78 is 8.01. The van der Waals surface area contributed by atoms with Gasteiger partial charge >= 0.3 is 0 Å². The second-order valence-electron chi connectivity index (χ2n) is 7.00. The van der Waals surface area contributed by atoms with Gasteiger partial charge in [0.15, 0.2) is 0 Å². The number of benzene rings is 2. The fraction of sp³-hybridized carbons (Fsp3) is 0.318. The molecule has 0 spiro atoms. The molecule has 2 aromatic carbocycles. The van der Waals surface area contributed by atoms with Crippen LogP contribution in [-0.2, 0) is 20.2 Å². The number of rotatable bonds is 6. The number of hydrogen-bond acceptors (Lipinski definition) is 4. The largest absolute Gasteiger partial charge is 0.489 e. The molecule has 140 valence electrons. The monoisotopic (exact) mass is 362 g/mol. The van der Waals surface area contributed by atoms with Gasteiger partial charge < -0.3 is 14.6 Å². The first-order valence-electron chi connectivity index (χ1n) is 9.47. The number of aryl methyl sites for hydroxylation is 1. The molecule has 5 heteroatoms. The van der Waals surface area contributed by atoms with Crippen LogP contribution in [0.5, 0.6) is 5.75 Å². The van der Waals surface area contributed by atoms with E-state index in [0.29, 0.717) is 12.6 Å². The highest BCUT2D eigenvalue weighted by Crippen LogP contribution is 2.23. The highest BCUT2D eigenvalue weighted by atomic mass is 16.5. The lowest BCUT2D eigenvalue weighted by Gasteiger charge is -2.35. The molecule has 1 atom stereocenters. The summed E-state index contributed by atoms with van der Waals surface area (Å²) in [7, 11) is 2.06. The number of imidazole rings is 1. The zero-order chi connectivity index (χ0) is 18.5. The molecule has 5 nitrogen and oxygen atoms in total. The molecule has 1 aromatic heterocycles. The summed E-state index contributed by atoms with van der Waals surface area (Å²) in [6.45, 7) is 4.48. The van der Waals surface area contributed by atoms with Gasteiger partial charge in [-0.05, 0) is 23.3 Å². The highest BCUT2D eigenvalue weighted by Gasteiger charge is 2.26. The normalized spacial score (nSPS) is 17.7. The standard InChI is InChI=1S/C22H26N4O/c1-25-13-12-24-22(25)21-15-23-11-14-26(21)16-18-7-9-20(10-8-18)27-17-19-5-3-2-4-6-19/h2-10,12-13,21,23H,11,14-17H2,1H3. The molecule has 0 bridgehead atoms. The molecule has 2 heterocycles. The Balaban J connectivity index is 1.39. The van der Waals surface area contributed by atoms with Gasteiger partial charge in [0.25, 0.3) is 0 Å². The van der Waals surface area contributed by atoms with Crippen LogP contribution in [0.25, 0.3) is 0 Å². The van der Waals surface area contributed by atoms with Crippen LogP contribution < -0.4 is 10.1 Å². The molecule has 3 aromatic rings. The molecule has 0 saturated carbocycles. The Labute approximate surface area is 160 Å². The fourth-order valence-corrected chi connectivity index (χ4v) is 3.55. The Morgan fingerprint density at radius 3 is 2.63 bits per heavy atom. The molecule has 1 fully saturated rings. The molecule has 1 unspecified atom stereocenters. The van der Waals surface area contributed by atoms with Gasteiger partial charge in [-0.3, -0.25) is 4.90 Å². The zero-order valence-corrected chi connectivity index (χ0v) is 15.7. The van der Waals surface area contributed by atoms with Crippen molar-refractivity contribution in [2.45, 2.75) is 19.2 Å². The topological polar surface area (TPSA) is 42.3 Å². The lowest BCUT2D eigenvalue weighted by Crippen LogP contribution is -2.46. The lowest BCUT2D eigenvalue weighted by atomic mass is 10.1. The van der Waals surface area contributed by atoms with Crippen LogP contribution in [-0.4, -0.2) is 34.1 Å². The van der Waals surface area contributed by atoms with Crippen LogP contribution in [0.2, 0.25) is 0 Å². The first-order valence-corrected chi connectivity index (χ1v) is 9.47. The van der Waals surface area contributed by atoms with Crippen molar-refractivity contribution in [2.75, 3.05) is 19.6 Å². The molecule has 1 aliphatic heterocycles. The van der Waals surface area contributed by atoms with Gasteiger partial charge in [-0.2, -0.15) is 0 Å². The van der Waals surface area contributed by atoms with Crippen LogP contribution >= 0.6 is 0 Å². The van der Waals surface area contributed by atoms with Crippen molar-refractivity contribution in [2.24, 2.45) is 7.05 Å². The maximum Gasteiger partial charge on any atom is 0.127 e. The highest BCUT2D eigenvalue weighted by molar-refractivity contribution is 5.28. The van der Waals surface area contributed by atoms with Gasteiger partial charge in [-0.25, -0.2) is 4.98 Å². The van der Waals surface area contributed by atoms with Crippen molar-refractivity contribution in [3.8, 4) is 5.75 Å². The molecule has 1 N–H and O–H groups in total. The van der Waals surface area contributed by atoms with E-state index in [2.05, 4.69) is 63.2 Å². The molecule has 4 rings (SSSR count). The Morgan fingerprint density at radius 2 is 1.89 bits per heavy atom. The summed E-state index contributed by atoms with van der Waals surface area (Å²) in [4.78, 5) is 7.06. The van der Waals surface area contributed by atoms with Crippen LogP contribution in [0, 0.1) is 0 Å². The summed E-state index contributed by atoms with van der Waals surface area (Å²) in [6.07, 6.45) is 3.89. The summed E-state index contributed by atoms with van der Waals surface area (Å²) in [5, 5.41) is 3.49. The first kappa shape index (κ1) is 17.8. The number of aromatic nitrogens is 2. The minimum atomic E-state index is 0.299. The van der Waals surface area contributed by atoms with E-state index in [9.17, 15) is 0 Å². The van der Waals surface area contributed by atoms with Crippen molar-refractivity contribution < 1.29 is 4.74 Å². The third-order valence-corrected chi connectivity index (χ3v) is 5.07. The number of ether oxygens (including phenoxy) is 1. The Morgan fingerprint density at radius 1 is 1.07 bits per heavy atom. The Kier molecular flexibility index (Phi) is 5.51. The van der Waals surface area contributed by atoms with E-state index in [0.717, 1.165) is 37.8 Å². The number of piperazine rings is 1. The molecule has 0 radical (unpaired) electrons. The van der Waals surface area contributed by atoms with Gasteiger partial charge in [0, 0.05) is 45.6 Å². The smallest absolute Gasteiger partial charge is 0.127 e. The maximum absolute atomic E-state index is 5.90. The number of nitrogens with one attached hydrogen (secondary N) is 1. The van der Waals surface area contributed by atoms with Crippen LogP contribution in [0.3, 0.4) is 0 Å². The minimum absolute atomic E-state index is 0.299. The third kappa shape index (κ3) is 4.38. The summed E-state index contributed by atoms with van der Waals surface area (Å²) >= 11 is 0. The molecule has 0 amide bonds. The molecule has 1 saturated heterocycles. The molecule has 27 heavy (non-hydrogen) atoms. The van der Waals surface area contributed by atoms with Crippen LogP contribution in [0.1, 0.15) is 23.0 Å². The average molecular weight is 362 g/mol. The van der Waals surface area contributed by atoms with Gasteiger partial charge in [0.2, 0.25) is 0 Å². The van der Waals surface area contributed by atoms with Crippen molar-refractivity contribution in [1.82, 2.24) is 19.8 Å². The second-order valence-corrected chi connectivity index (χ2v) is 7.00. The first-order chi connectivity index (χ1) is 13.3. The molecule has 0 aliphatic carbocycles. The summed E-state index contributed by atoms with van der Waals surface area (Å²) in [6, 6.07) is 19.0. The van der Waals surface area contributed by atoms with Crippen LogP contribution in [0.15, 0.2) is 67.0 Å². The van der Waals surface area contributed by atoms with Gasteiger partial charge in [0.05, 0.1) is 6.04 Å².